The molecule has 0 atom stereocenters. The van der Waals surface area contributed by atoms with Crippen molar-refractivity contribution >= 4 is 16.9 Å². The molecule has 0 aliphatic carbocycles. The van der Waals surface area contributed by atoms with Crippen LogP contribution in [0.3, 0.4) is 0 Å². The molecule has 1 aromatic heterocycles. The SMILES string of the molecule is COc1ccc(-c2oc3c(OC)c(OC)c(OC(C)=O)c(OC)c3c(=O)c2OC)cc1. The molecular formula is C22H22O9. The lowest BCUT2D eigenvalue weighted by Crippen LogP contribution is -2.12. The number of rotatable bonds is 7. The highest BCUT2D eigenvalue weighted by atomic mass is 16.6. The van der Waals surface area contributed by atoms with Gasteiger partial charge < -0.3 is 32.8 Å². The van der Waals surface area contributed by atoms with E-state index in [0.717, 1.165) is 0 Å². The molecule has 0 spiro atoms. The predicted molar refractivity (Wildman–Crippen MR) is 112 cm³/mol. The van der Waals surface area contributed by atoms with Gasteiger partial charge in [0.1, 0.15) is 11.1 Å². The number of hydrogen-bond donors (Lipinski definition) is 0. The molecule has 0 amide bonds. The molecule has 0 aliphatic rings. The number of ether oxygens (including phenoxy) is 6. The van der Waals surface area contributed by atoms with Gasteiger partial charge in [0.2, 0.25) is 28.4 Å². The van der Waals surface area contributed by atoms with Crippen LogP contribution in [0.4, 0.5) is 0 Å². The third-order valence-electron chi connectivity index (χ3n) is 4.54. The van der Waals surface area contributed by atoms with Crippen molar-refractivity contribution in [3.05, 3.63) is 34.5 Å². The standard InChI is InChI=1S/C22H22O9/c1-11(23)30-22-17(26-3)14-15(24)19(27-4)16(12-7-9-13(25-2)10-8-12)31-18(14)20(28-5)21(22)29-6/h7-10H,1-6H3. The summed E-state index contributed by atoms with van der Waals surface area (Å²) in [6, 6.07) is 6.89. The molecule has 0 bridgehead atoms. The Bertz CT molecular complexity index is 1180. The van der Waals surface area contributed by atoms with Crippen molar-refractivity contribution in [3.63, 3.8) is 0 Å². The predicted octanol–water partition coefficient (Wildman–Crippen LogP) is 3.43. The summed E-state index contributed by atoms with van der Waals surface area (Å²) in [5, 5.41) is -0.0227. The average molecular weight is 430 g/mol. The Hall–Kier alpha value is -3.88. The maximum Gasteiger partial charge on any atom is 0.308 e. The van der Waals surface area contributed by atoms with E-state index in [1.54, 1.807) is 31.4 Å². The van der Waals surface area contributed by atoms with E-state index < -0.39 is 11.4 Å². The van der Waals surface area contributed by atoms with Gasteiger partial charge in [-0.25, -0.2) is 0 Å². The van der Waals surface area contributed by atoms with Crippen LogP contribution >= 0.6 is 0 Å². The minimum Gasteiger partial charge on any atom is -0.497 e. The highest BCUT2D eigenvalue weighted by Gasteiger charge is 2.31. The molecule has 3 aromatic rings. The molecule has 0 radical (unpaired) electrons. The molecule has 31 heavy (non-hydrogen) atoms. The number of benzene rings is 2. The maximum absolute atomic E-state index is 13.4. The van der Waals surface area contributed by atoms with Crippen molar-refractivity contribution in [1.82, 2.24) is 0 Å². The number of fused-ring (bicyclic) bond motifs is 1. The summed E-state index contributed by atoms with van der Waals surface area (Å²) in [5.74, 6) is 0.0638. The van der Waals surface area contributed by atoms with Gasteiger partial charge in [-0.05, 0) is 24.3 Å². The second kappa shape index (κ2) is 8.86. The monoisotopic (exact) mass is 430 g/mol. The van der Waals surface area contributed by atoms with E-state index in [4.69, 9.17) is 32.8 Å². The minimum atomic E-state index is -0.635. The van der Waals surface area contributed by atoms with Crippen molar-refractivity contribution in [2.24, 2.45) is 0 Å². The summed E-state index contributed by atoms with van der Waals surface area (Å²) in [6.07, 6.45) is 0. The van der Waals surface area contributed by atoms with Crippen molar-refractivity contribution in [3.8, 4) is 45.8 Å². The first kappa shape index (κ1) is 21.8. The van der Waals surface area contributed by atoms with E-state index in [2.05, 4.69) is 0 Å². The zero-order chi connectivity index (χ0) is 22.7. The van der Waals surface area contributed by atoms with Crippen molar-refractivity contribution in [2.75, 3.05) is 35.5 Å². The maximum atomic E-state index is 13.4. The van der Waals surface area contributed by atoms with Gasteiger partial charge in [-0.2, -0.15) is 0 Å². The van der Waals surface area contributed by atoms with Crippen LogP contribution in [0.15, 0.2) is 33.5 Å². The first-order valence-electron chi connectivity index (χ1n) is 9.11. The second-order valence-corrected chi connectivity index (χ2v) is 6.25. The molecule has 9 nitrogen and oxygen atoms in total. The summed E-state index contributed by atoms with van der Waals surface area (Å²) in [5.41, 5.74) is 0.0743. The molecule has 1 heterocycles. The van der Waals surface area contributed by atoms with Gasteiger partial charge in [0.15, 0.2) is 17.1 Å². The fourth-order valence-corrected chi connectivity index (χ4v) is 3.23. The molecule has 2 aromatic carbocycles. The molecule has 0 saturated carbocycles. The van der Waals surface area contributed by atoms with Gasteiger partial charge in [-0.3, -0.25) is 9.59 Å². The number of carbonyl (C=O) groups excluding carboxylic acids is 1. The molecule has 0 aliphatic heterocycles. The fourth-order valence-electron chi connectivity index (χ4n) is 3.23. The van der Waals surface area contributed by atoms with E-state index in [9.17, 15) is 9.59 Å². The Kier molecular flexibility index (Phi) is 6.24. The van der Waals surface area contributed by atoms with E-state index in [0.29, 0.717) is 11.3 Å². The molecule has 0 saturated heterocycles. The van der Waals surface area contributed by atoms with Gasteiger partial charge in [-0.1, -0.05) is 0 Å². The van der Waals surface area contributed by atoms with E-state index in [1.165, 1.54) is 35.4 Å². The van der Waals surface area contributed by atoms with Gasteiger partial charge in [0, 0.05) is 12.5 Å². The normalized spacial score (nSPS) is 10.5. The third-order valence-corrected chi connectivity index (χ3v) is 4.54. The van der Waals surface area contributed by atoms with Crippen LogP contribution < -0.4 is 33.8 Å². The molecular weight excluding hydrogens is 408 g/mol. The number of methoxy groups -OCH3 is 5. The molecule has 0 fully saturated rings. The van der Waals surface area contributed by atoms with Gasteiger partial charge in [-0.15, -0.1) is 0 Å². The lowest BCUT2D eigenvalue weighted by molar-refractivity contribution is -0.132. The average Bonchev–Trinajstić information content (AvgIpc) is 2.77. The lowest BCUT2D eigenvalue weighted by Gasteiger charge is -2.19. The van der Waals surface area contributed by atoms with Crippen LogP contribution in [0.5, 0.6) is 34.5 Å². The zero-order valence-corrected chi connectivity index (χ0v) is 18.0. The van der Waals surface area contributed by atoms with E-state index in [-0.39, 0.29) is 45.5 Å². The van der Waals surface area contributed by atoms with Gasteiger partial charge in [0.05, 0.1) is 35.5 Å². The van der Waals surface area contributed by atoms with Crippen LogP contribution in [0, 0.1) is 0 Å². The minimum absolute atomic E-state index is 0.0227. The lowest BCUT2D eigenvalue weighted by atomic mass is 10.1. The summed E-state index contributed by atoms with van der Waals surface area (Å²) in [7, 11) is 6.97. The second-order valence-electron chi connectivity index (χ2n) is 6.25. The Morgan fingerprint density at radius 2 is 1.32 bits per heavy atom. The number of carbonyl (C=O) groups is 1. The fraction of sp³-hybridized carbons (Fsp3) is 0.273. The van der Waals surface area contributed by atoms with E-state index in [1.807, 2.05) is 0 Å². The third kappa shape index (κ3) is 3.70. The Morgan fingerprint density at radius 3 is 1.81 bits per heavy atom. The molecule has 3 rings (SSSR count). The highest BCUT2D eigenvalue weighted by Crippen LogP contribution is 2.51. The Morgan fingerprint density at radius 1 is 0.742 bits per heavy atom. The highest BCUT2D eigenvalue weighted by molar-refractivity contribution is 5.97. The van der Waals surface area contributed by atoms with Crippen LogP contribution in [0.25, 0.3) is 22.3 Å². The number of hydrogen-bond acceptors (Lipinski definition) is 9. The zero-order valence-electron chi connectivity index (χ0n) is 18.0. The first-order valence-corrected chi connectivity index (χ1v) is 9.11. The first-order chi connectivity index (χ1) is 14.9. The Labute approximate surface area is 178 Å². The number of esters is 1. The van der Waals surface area contributed by atoms with Crippen LogP contribution in [-0.4, -0.2) is 41.5 Å². The summed E-state index contributed by atoms with van der Waals surface area (Å²) in [6.45, 7) is 1.21. The van der Waals surface area contributed by atoms with Crippen LogP contribution in [-0.2, 0) is 4.79 Å². The van der Waals surface area contributed by atoms with Crippen molar-refractivity contribution in [2.45, 2.75) is 6.92 Å². The molecule has 9 heteroatoms. The summed E-state index contributed by atoms with van der Waals surface area (Å²) in [4.78, 5) is 25.1. The molecule has 0 unspecified atom stereocenters. The molecule has 164 valence electrons. The Balaban J connectivity index is 2.49. The van der Waals surface area contributed by atoms with E-state index >= 15 is 0 Å². The van der Waals surface area contributed by atoms with Crippen LogP contribution in [0.2, 0.25) is 0 Å². The van der Waals surface area contributed by atoms with Crippen molar-refractivity contribution in [1.29, 1.82) is 0 Å². The quantitative estimate of drug-likeness (QED) is 0.412. The molecule has 0 N–H and O–H groups in total. The van der Waals surface area contributed by atoms with Gasteiger partial charge in [0.25, 0.3) is 0 Å². The summed E-state index contributed by atoms with van der Waals surface area (Å²) < 4.78 is 38.2. The van der Waals surface area contributed by atoms with Crippen molar-refractivity contribution < 1.29 is 37.6 Å². The van der Waals surface area contributed by atoms with Crippen LogP contribution in [0.1, 0.15) is 6.92 Å². The largest absolute Gasteiger partial charge is 0.497 e. The topological polar surface area (TPSA) is 103 Å². The summed E-state index contributed by atoms with van der Waals surface area (Å²) >= 11 is 0. The smallest absolute Gasteiger partial charge is 0.308 e. The van der Waals surface area contributed by atoms with Gasteiger partial charge >= 0.3 is 5.97 Å².